The minimum Gasteiger partial charge on any atom is -0.394 e. The summed E-state index contributed by atoms with van der Waals surface area (Å²) < 4.78 is 7.35. The lowest BCUT2D eigenvalue weighted by atomic mass is 10.4. The van der Waals surface area contributed by atoms with Gasteiger partial charge in [0.2, 0.25) is 0 Å². The summed E-state index contributed by atoms with van der Waals surface area (Å²) in [5, 5.41) is 11.8. The molecule has 0 bridgehead atoms. The van der Waals surface area contributed by atoms with E-state index in [9.17, 15) is 0 Å². The molecule has 0 aliphatic carbocycles. The Bertz CT molecular complexity index is 261. The molecule has 0 saturated heterocycles. The fourth-order valence-electron chi connectivity index (χ4n) is 1.45. The molecule has 0 amide bonds. The zero-order valence-corrected chi connectivity index (χ0v) is 9.28. The lowest BCUT2D eigenvalue weighted by Crippen LogP contribution is -2.21. The lowest BCUT2D eigenvalue weighted by Gasteiger charge is -2.08. The standard InChI is InChI=1S/C11H20N2O2/c1-2-13-6-3-4-11(13)10-12-5-8-15-9-7-14/h3-4,6,12,14H,2,5,7-10H2,1H3. The quantitative estimate of drug-likeness (QED) is 0.621. The molecule has 0 fully saturated rings. The van der Waals surface area contributed by atoms with Gasteiger partial charge in [-0.25, -0.2) is 0 Å². The van der Waals surface area contributed by atoms with Gasteiger partial charge in [0.15, 0.2) is 0 Å². The van der Waals surface area contributed by atoms with Gasteiger partial charge < -0.3 is 19.7 Å². The Morgan fingerprint density at radius 2 is 2.33 bits per heavy atom. The third-order valence-corrected chi connectivity index (χ3v) is 2.23. The van der Waals surface area contributed by atoms with E-state index in [-0.39, 0.29) is 6.61 Å². The first-order valence-corrected chi connectivity index (χ1v) is 5.41. The van der Waals surface area contributed by atoms with Gasteiger partial charge in [0.05, 0.1) is 19.8 Å². The lowest BCUT2D eigenvalue weighted by molar-refractivity contribution is 0.0937. The van der Waals surface area contributed by atoms with Crippen LogP contribution in [0, 0.1) is 0 Å². The molecule has 86 valence electrons. The Hall–Kier alpha value is -0.840. The second-order valence-corrected chi connectivity index (χ2v) is 3.30. The van der Waals surface area contributed by atoms with Crippen molar-refractivity contribution >= 4 is 0 Å². The van der Waals surface area contributed by atoms with Crippen molar-refractivity contribution in [1.29, 1.82) is 0 Å². The van der Waals surface area contributed by atoms with E-state index in [0.717, 1.165) is 19.6 Å². The summed E-state index contributed by atoms with van der Waals surface area (Å²) >= 11 is 0. The number of hydrogen-bond donors (Lipinski definition) is 2. The Kier molecular flexibility index (Phi) is 6.08. The minimum atomic E-state index is 0.0959. The van der Waals surface area contributed by atoms with Crippen molar-refractivity contribution in [3.8, 4) is 0 Å². The Morgan fingerprint density at radius 1 is 1.47 bits per heavy atom. The fraction of sp³-hybridized carbons (Fsp3) is 0.636. The number of aliphatic hydroxyl groups excluding tert-OH is 1. The molecule has 1 aromatic rings. The number of nitrogens with zero attached hydrogens (tertiary/aromatic N) is 1. The van der Waals surface area contributed by atoms with Crippen LogP contribution in [-0.4, -0.2) is 36.0 Å². The van der Waals surface area contributed by atoms with E-state index in [1.165, 1.54) is 5.69 Å². The summed E-state index contributed by atoms with van der Waals surface area (Å²) in [5.41, 5.74) is 1.29. The van der Waals surface area contributed by atoms with E-state index in [0.29, 0.717) is 13.2 Å². The molecule has 4 nitrogen and oxygen atoms in total. The number of rotatable bonds is 8. The average Bonchev–Trinajstić information content (AvgIpc) is 2.70. The molecule has 2 N–H and O–H groups in total. The maximum Gasteiger partial charge on any atom is 0.0698 e. The highest BCUT2D eigenvalue weighted by atomic mass is 16.5. The van der Waals surface area contributed by atoms with Crippen LogP contribution in [0.5, 0.6) is 0 Å². The van der Waals surface area contributed by atoms with E-state index in [1.54, 1.807) is 0 Å². The van der Waals surface area contributed by atoms with Gasteiger partial charge in [-0.15, -0.1) is 0 Å². The predicted molar refractivity (Wildman–Crippen MR) is 59.7 cm³/mol. The topological polar surface area (TPSA) is 46.4 Å². The molecule has 1 aromatic heterocycles. The van der Waals surface area contributed by atoms with Gasteiger partial charge in [0.25, 0.3) is 0 Å². The van der Waals surface area contributed by atoms with E-state index in [2.05, 4.69) is 35.1 Å². The van der Waals surface area contributed by atoms with Crippen molar-refractivity contribution in [3.05, 3.63) is 24.0 Å². The average molecular weight is 212 g/mol. The number of aliphatic hydroxyl groups is 1. The first kappa shape index (κ1) is 12.2. The van der Waals surface area contributed by atoms with Crippen LogP contribution in [0.2, 0.25) is 0 Å². The van der Waals surface area contributed by atoms with E-state index >= 15 is 0 Å². The molecular weight excluding hydrogens is 192 g/mol. The molecule has 0 atom stereocenters. The van der Waals surface area contributed by atoms with Crippen molar-refractivity contribution in [3.63, 3.8) is 0 Å². The van der Waals surface area contributed by atoms with Gasteiger partial charge >= 0.3 is 0 Å². The van der Waals surface area contributed by atoms with Crippen LogP contribution in [0.15, 0.2) is 18.3 Å². The number of hydrogen-bond acceptors (Lipinski definition) is 3. The molecule has 0 radical (unpaired) electrons. The van der Waals surface area contributed by atoms with Crippen LogP contribution >= 0.6 is 0 Å². The third kappa shape index (κ3) is 4.46. The highest BCUT2D eigenvalue weighted by Crippen LogP contribution is 2.00. The van der Waals surface area contributed by atoms with Crippen molar-refractivity contribution in [2.45, 2.75) is 20.0 Å². The molecule has 0 saturated carbocycles. The normalized spacial score (nSPS) is 10.8. The van der Waals surface area contributed by atoms with Crippen LogP contribution in [0.1, 0.15) is 12.6 Å². The van der Waals surface area contributed by atoms with Gasteiger partial charge in [0.1, 0.15) is 0 Å². The summed E-state index contributed by atoms with van der Waals surface area (Å²) in [6.45, 7) is 5.98. The second-order valence-electron chi connectivity index (χ2n) is 3.30. The molecule has 1 heterocycles. The zero-order valence-electron chi connectivity index (χ0n) is 9.28. The van der Waals surface area contributed by atoms with Gasteiger partial charge in [-0.2, -0.15) is 0 Å². The van der Waals surface area contributed by atoms with E-state index in [1.807, 2.05) is 0 Å². The monoisotopic (exact) mass is 212 g/mol. The van der Waals surface area contributed by atoms with Crippen LogP contribution in [0.25, 0.3) is 0 Å². The van der Waals surface area contributed by atoms with Crippen LogP contribution in [-0.2, 0) is 17.8 Å². The summed E-state index contributed by atoms with van der Waals surface area (Å²) in [7, 11) is 0. The van der Waals surface area contributed by atoms with Crippen molar-refractivity contribution in [1.82, 2.24) is 9.88 Å². The van der Waals surface area contributed by atoms with Crippen LogP contribution in [0.3, 0.4) is 0 Å². The molecule has 0 aromatic carbocycles. The van der Waals surface area contributed by atoms with Crippen molar-refractivity contribution in [2.24, 2.45) is 0 Å². The first-order valence-electron chi connectivity index (χ1n) is 5.41. The summed E-state index contributed by atoms with van der Waals surface area (Å²) in [5.74, 6) is 0. The first-order chi connectivity index (χ1) is 7.38. The highest BCUT2D eigenvalue weighted by Gasteiger charge is 1.97. The Balaban J connectivity index is 2.09. The molecule has 4 heteroatoms. The second kappa shape index (κ2) is 7.45. The van der Waals surface area contributed by atoms with E-state index < -0.39 is 0 Å². The maximum atomic E-state index is 8.49. The molecule has 0 aliphatic heterocycles. The number of nitrogens with one attached hydrogen (secondary N) is 1. The largest absolute Gasteiger partial charge is 0.394 e. The Labute approximate surface area is 90.9 Å². The SMILES string of the molecule is CCn1cccc1CNCCOCCO. The number of aromatic nitrogens is 1. The smallest absolute Gasteiger partial charge is 0.0698 e. The summed E-state index contributed by atoms with van der Waals surface area (Å²) in [6.07, 6.45) is 2.08. The van der Waals surface area contributed by atoms with Crippen molar-refractivity contribution in [2.75, 3.05) is 26.4 Å². The van der Waals surface area contributed by atoms with E-state index in [4.69, 9.17) is 9.84 Å². The van der Waals surface area contributed by atoms with Crippen LogP contribution < -0.4 is 5.32 Å². The summed E-state index contributed by atoms with van der Waals surface area (Å²) in [6, 6.07) is 4.17. The Morgan fingerprint density at radius 3 is 3.07 bits per heavy atom. The molecular formula is C11H20N2O2. The fourth-order valence-corrected chi connectivity index (χ4v) is 1.45. The number of aryl methyl sites for hydroxylation is 1. The minimum absolute atomic E-state index is 0.0959. The molecule has 1 rings (SSSR count). The zero-order chi connectivity index (χ0) is 10.9. The maximum absolute atomic E-state index is 8.49. The van der Waals surface area contributed by atoms with Crippen LogP contribution in [0.4, 0.5) is 0 Å². The van der Waals surface area contributed by atoms with Gasteiger partial charge in [-0.3, -0.25) is 0 Å². The summed E-state index contributed by atoms with van der Waals surface area (Å²) in [4.78, 5) is 0. The van der Waals surface area contributed by atoms with Gasteiger partial charge in [-0.1, -0.05) is 0 Å². The third-order valence-electron chi connectivity index (χ3n) is 2.23. The van der Waals surface area contributed by atoms with Gasteiger partial charge in [-0.05, 0) is 19.1 Å². The molecule has 15 heavy (non-hydrogen) atoms. The predicted octanol–water partition coefficient (Wildman–Crippen LogP) is 0.607. The molecule has 0 aliphatic rings. The molecule has 0 unspecified atom stereocenters. The highest BCUT2D eigenvalue weighted by molar-refractivity contribution is 5.06. The molecule has 0 spiro atoms. The number of ether oxygens (including phenoxy) is 1. The van der Waals surface area contributed by atoms with Crippen molar-refractivity contribution < 1.29 is 9.84 Å². The van der Waals surface area contributed by atoms with Gasteiger partial charge in [0, 0.05) is 31.5 Å².